The SMILES string of the molecule is CCOC1CC(NS(=O)(=O)c2cc(C(=O)O)oc2Br)C1. The zero-order valence-electron chi connectivity index (χ0n) is 10.6. The molecule has 20 heavy (non-hydrogen) atoms. The minimum Gasteiger partial charge on any atom is -0.475 e. The summed E-state index contributed by atoms with van der Waals surface area (Å²) in [6.07, 6.45) is 1.29. The summed E-state index contributed by atoms with van der Waals surface area (Å²) in [6.45, 7) is 2.48. The van der Waals surface area contributed by atoms with Crippen molar-refractivity contribution in [3.05, 3.63) is 16.5 Å². The Bertz CT molecular complexity index is 604. The van der Waals surface area contributed by atoms with Gasteiger partial charge in [0.1, 0.15) is 4.90 Å². The van der Waals surface area contributed by atoms with Crippen molar-refractivity contribution in [2.75, 3.05) is 6.61 Å². The summed E-state index contributed by atoms with van der Waals surface area (Å²) in [4.78, 5) is 10.5. The number of carbonyl (C=O) groups is 1. The van der Waals surface area contributed by atoms with Crippen LogP contribution >= 0.6 is 15.9 Å². The Hall–Kier alpha value is -0.900. The van der Waals surface area contributed by atoms with E-state index in [-0.39, 0.29) is 21.7 Å². The van der Waals surface area contributed by atoms with Crippen LogP contribution in [0.25, 0.3) is 0 Å². The van der Waals surface area contributed by atoms with Crippen LogP contribution in [0.5, 0.6) is 0 Å². The van der Waals surface area contributed by atoms with Crippen molar-refractivity contribution in [3.63, 3.8) is 0 Å². The maximum Gasteiger partial charge on any atom is 0.371 e. The van der Waals surface area contributed by atoms with Gasteiger partial charge in [-0.2, -0.15) is 0 Å². The largest absolute Gasteiger partial charge is 0.475 e. The number of aromatic carboxylic acids is 1. The Morgan fingerprint density at radius 2 is 2.25 bits per heavy atom. The average molecular weight is 368 g/mol. The lowest BCUT2D eigenvalue weighted by Gasteiger charge is -2.34. The molecule has 1 fully saturated rings. The molecule has 112 valence electrons. The third-order valence-corrected chi connectivity index (χ3v) is 5.35. The molecule has 7 nitrogen and oxygen atoms in total. The van der Waals surface area contributed by atoms with Gasteiger partial charge in [0.2, 0.25) is 15.8 Å². The topological polar surface area (TPSA) is 106 Å². The quantitative estimate of drug-likeness (QED) is 0.790. The van der Waals surface area contributed by atoms with Gasteiger partial charge in [0.25, 0.3) is 0 Å². The Morgan fingerprint density at radius 1 is 1.60 bits per heavy atom. The van der Waals surface area contributed by atoms with Gasteiger partial charge in [0.05, 0.1) is 6.10 Å². The van der Waals surface area contributed by atoms with Gasteiger partial charge >= 0.3 is 5.97 Å². The van der Waals surface area contributed by atoms with Crippen LogP contribution in [0.2, 0.25) is 0 Å². The zero-order valence-corrected chi connectivity index (χ0v) is 13.0. The first-order valence-electron chi connectivity index (χ1n) is 6.00. The van der Waals surface area contributed by atoms with Gasteiger partial charge in [-0.3, -0.25) is 0 Å². The van der Waals surface area contributed by atoms with Crippen LogP contribution in [0.1, 0.15) is 30.3 Å². The van der Waals surface area contributed by atoms with Crippen molar-refractivity contribution in [2.24, 2.45) is 0 Å². The fourth-order valence-corrected chi connectivity index (χ4v) is 4.16. The summed E-state index contributed by atoms with van der Waals surface area (Å²) >= 11 is 2.91. The number of carboxylic acid groups (broad SMARTS) is 1. The summed E-state index contributed by atoms with van der Waals surface area (Å²) in [5.41, 5.74) is 0. The van der Waals surface area contributed by atoms with Crippen LogP contribution in [0, 0.1) is 0 Å². The summed E-state index contributed by atoms with van der Waals surface area (Å²) < 4.78 is 36.8. The molecule has 0 aliphatic heterocycles. The number of rotatable bonds is 6. The molecule has 1 aliphatic carbocycles. The van der Waals surface area contributed by atoms with E-state index in [0.717, 1.165) is 6.07 Å². The molecular weight excluding hydrogens is 354 g/mol. The summed E-state index contributed by atoms with van der Waals surface area (Å²) in [5, 5.41) is 8.77. The smallest absolute Gasteiger partial charge is 0.371 e. The predicted molar refractivity (Wildman–Crippen MR) is 72.1 cm³/mol. The first-order valence-corrected chi connectivity index (χ1v) is 8.27. The minimum atomic E-state index is -3.81. The van der Waals surface area contributed by atoms with Crippen molar-refractivity contribution in [3.8, 4) is 0 Å². The van der Waals surface area contributed by atoms with Gasteiger partial charge in [-0.15, -0.1) is 0 Å². The Balaban J connectivity index is 2.06. The first-order chi connectivity index (χ1) is 9.33. The molecule has 0 radical (unpaired) electrons. The second kappa shape index (κ2) is 5.84. The van der Waals surface area contributed by atoms with E-state index in [4.69, 9.17) is 14.3 Å². The van der Waals surface area contributed by atoms with E-state index in [2.05, 4.69) is 20.7 Å². The van der Waals surface area contributed by atoms with E-state index >= 15 is 0 Å². The van der Waals surface area contributed by atoms with Gasteiger partial charge in [-0.1, -0.05) is 0 Å². The fourth-order valence-electron chi connectivity index (χ4n) is 1.96. The number of furan rings is 1. The Kier molecular flexibility index (Phi) is 4.52. The van der Waals surface area contributed by atoms with E-state index in [0.29, 0.717) is 19.4 Å². The number of hydrogen-bond acceptors (Lipinski definition) is 5. The van der Waals surface area contributed by atoms with Crippen molar-refractivity contribution in [1.82, 2.24) is 4.72 Å². The number of hydrogen-bond donors (Lipinski definition) is 2. The minimum absolute atomic E-state index is 0.0788. The van der Waals surface area contributed by atoms with Crippen LogP contribution in [-0.2, 0) is 14.8 Å². The highest BCUT2D eigenvalue weighted by Crippen LogP contribution is 2.29. The zero-order chi connectivity index (χ0) is 14.9. The van der Waals surface area contributed by atoms with Gasteiger partial charge in [-0.25, -0.2) is 17.9 Å². The molecule has 0 spiro atoms. The standard InChI is InChI=1S/C11H14BrNO6S/c1-2-18-7-3-6(4-7)13-20(16,17)9-5-8(11(14)15)19-10(9)12/h5-7,13H,2-4H2,1H3,(H,14,15). The monoisotopic (exact) mass is 367 g/mol. The molecular formula is C11H14BrNO6S. The van der Waals surface area contributed by atoms with Gasteiger partial charge in [-0.05, 0) is 35.7 Å². The summed E-state index contributed by atoms with van der Waals surface area (Å²) in [7, 11) is -3.81. The molecule has 9 heteroatoms. The number of halogens is 1. The van der Waals surface area contributed by atoms with Gasteiger partial charge in [0.15, 0.2) is 4.67 Å². The molecule has 1 aromatic rings. The lowest BCUT2D eigenvalue weighted by Crippen LogP contribution is -2.47. The molecule has 1 heterocycles. The van der Waals surface area contributed by atoms with Crippen LogP contribution in [-0.4, -0.2) is 38.2 Å². The van der Waals surface area contributed by atoms with Crippen LogP contribution in [0.3, 0.4) is 0 Å². The Morgan fingerprint density at radius 3 is 2.75 bits per heavy atom. The van der Waals surface area contributed by atoms with Crippen molar-refractivity contribution >= 4 is 31.9 Å². The molecule has 1 aliphatic rings. The highest BCUT2D eigenvalue weighted by molar-refractivity contribution is 9.10. The fraction of sp³-hybridized carbons (Fsp3) is 0.545. The maximum absolute atomic E-state index is 12.1. The summed E-state index contributed by atoms with van der Waals surface area (Å²) in [5.74, 6) is -1.76. The molecule has 2 rings (SSSR count). The molecule has 0 aromatic carbocycles. The van der Waals surface area contributed by atoms with Crippen LogP contribution in [0.4, 0.5) is 0 Å². The third kappa shape index (κ3) is 3.22. The molecule has 0 bridgehead atoms. The highest BCUT2D eigenvalue weighted by Gasteiger charge is 2.35. The lowest BCUT2D eigenvalue weighted by molar-refractivity contribution is -0.00476. The van der Waals surface area contributed by atoms with Crippen molar-refractivity contribution in [2.45, 2.75) is 36.8 Å². The van der Waals surface area contributed by atoms with E-state index in [1.807, 2.05) is 6.92 Å². The lowest BCUT2D eigenvalue weighted by atomic mass is 9.90. The number of carboxylic acids is 1. The van der Waals surface area contributed by atoms with Gasteiger partial charge in [0, 0.05) is 18.7 Å². The molecule has 1 aromatic heterocycles. The number of nitrogens with one attached hydrogen (secondary N) is 1. The second-order valence-electron chi connectivity index (χ2n) is 4.42. The highest BCUT2D eigenvalue weighted by atomic mass is 79.9. The van der Waals surface area contributed by atoms with Crippen LogP contribution < -0.4 is 4.72 Å². The van der Waals surface area contributed by atoms with Crippen molar-refractivity contribution in [1.29, 1.82) is 0 Å². The first kappa shape index (κ1) is 15.5. The summed E-state index contributed by atoms with van der Waals surface area (Å²) in [6, 6.07) is 0.777. The molecule has 0 saturated heterocycles. The van der Waals surface area contributed by atoms with Crippen LogP contribution in [0.15, 0.2) is 20.0 Å². The maximum atomic E-state index is 12.1. The third-order valence-electron chi connectivity index (χ3n) is 2.97. The van der Waals surface area contributed by atoms with E-state index in [1.54, 1.807) is 0 Å². The Labute approximate surface area is 124 Å². The number of ether oxygens (including phenoxy) is 1. The molecule has 1 saturated carbocycles. The molecule has 0 amide bonds. The van der Waals surface area contributed by atoms with E-state index in [1.165, 1.54) is 0 Å². The molecule has 0 atom stereocenters. The van der Waals surface area contributed by atoms with Gasteiger partial charge < -0.3 is 14.3 Å². The van der Waals surface area contributed by atoms with Crippen molar-refractivity contribution < 1.29 is 27.5 Å². The molecule has 0 unspecified atom stereocenters. The molecule has 2 N–H and O–H groups in total. The number of sulfonamides is 1. The van der Waals surface area contributed by atoms with E-state index < -0.39 is 21.8 Å². The second-order valence-corrected chi connectivity index (χ2v) is 6.82. The predicted octanol–water partition coefficient (Wildman–Crippen LogP) is 1.59. The normalized spacial score (nSPS) is 22.5. The average Bonchev–Trinajstić information content (AvgIpc) is 2.69. The van der Waals surface area contributed by atoms with E-state index in [9.17, 15) is 13.2 Å².